The second kappa shape index (κ2) is 5.32. The zero-order chi connectivity index (χ0) is 13.8. The van der Waals surface area contributed by atoms with E-state index in [1.807, 2.05) is 0 Å². The SMILES string of the molecule is O=C(NCCCn1cccn1)C(F)(F)C(F)(F)F. The Morgan fingerprint density at radius 3 is 2.44 bits per heavy atom. The van der Waals surface area contributed by atoms with E-state index in [1.165, 1.54) is 10.9 Å². The second-order valence-electron chi connectivity index (χ2n) is 3.45. The molecule has 0 aromatic carbocycles. The molecule has 0 saturated carbocycles. The average molecular weight is 271 g/mol. The molecule has 1 heterocycles. The highest BCUT2D eigenvalue weighted by molar-refractivity contribution is 5.84. The number of aromatic nitrogens is 2. The van der Waals surface area contributed by atoms with Gasteiger partial charge < -0.3 is 5.32 Å². The molecule has 4 nitrogen and oxygen atoms in total. The fourth-order valence-electron chi connectivity index (χ4n) is 1.12. The van der Waals surface area contributed by atoms with Gasteiger partial charge in [-0.2, -0.15) is 27.1 Å². The van der Waals surface area contributed by atoms with Crippen molar-refractivity contribution in [2.45, 2.75) is 25.1 Å². The number of aryl methyl sites for hydroxylation is 1. The number of rotatable bonds is 5. The summed E-state index contributed by atoms with van der Waals surface area (Å²) in [7, 11) is 0. The number of amides is 1. The van der Waals surface area contributed by atoms with Gasteiger partial charge in [-0.05, 0) is 12.5 Å². The molecule has 1 amide bonds. The van der Waals surface area contributed by atoms with Crippen LogP contribution in [-0.4, -0.2) is 34.3 Å². The molecule has 0 saturated heterocycles. The van der Waals surface area contributed by atoms with Crippen molar-refractivity contribution in [2.24, 2.45) is 0 Å². The maximum Gasteiger partial charge on any atom is 0.463 e. The molecule has 1 N–H and O–H groups in total. The fraction of sp³-hybridized carbons (Fsp3) is 0.556. The lowest BCUT2D eigenvalue weighted by Crippen LogP contribution is -2.50. The third-order valence-corrected chi connectivity index (χ3v) is 2.05. The van der Waals surface area contributed by atoms with Crippen molar-refractivity contribution in [2.75, 3.05) is 6.54 Å². The third-order valence-electron chi connectivity index (χ3n) is 2.05. The van der Waals surface area contributed by atoms with Gasteiger partial charge in [0.25, 0.3) is 5.91 Å². The summed E-state index contributed by atoms with van der Waals surface area (Å²) in [6, 6.07) is 1.64. The van der Waals surface area contributed by atoms with Gasteiger partial charge in [0.2, 0.25) is 0 Å². The van der Waals surface area contributed by atoms with E-state index in [-0.39, 0.29) is 13.0 Å². The Hall–Kier alpha value is -1.67. The van der Waals surface area contributed by atoms with E-state index in [2.05, 4.69) is 5.10 Å². The molecule has 0 aliphatic heterocycles. The van der Waals surface area contributed by atoms with Gasteiger partial charge in [-0.15, -0.1) is 0 Å². The average Bonchev–Trinajstić information content (AvgIpc) is 2.75. The molecule has 9 heteroatoms. The summed E-state index contributed by atoms with van der Waals surface area (Å²) in [5.74, 6) is -7.70. The molecular formula is C9H10F5N3O. The van der Waals surface area contributed by atoms with Gasteiger partial charge in [-0.25, -0.2) is 0 Å². The highest BCUT2D eigenvalue weighted by Crippen LogP contribution is 2.35. The number of nitrogens with one attached hydrogen (secondary N) is 1. The zero-order valence-electron chi connectivity index (χ0n) is 9.05. The van der Waals surface area contributed by atoms with E-state index in [0.29, 0.717) is 6.54 Å². The van der Waals surface area contributed by atoms with Gasteiger partial charge in [0.15, 0.2) is 0 Å². The molecule has 0 aliphatic rings. The monoisotopic (exact) mass is 271 g/mol. The number of carbonyl (C=O) groups is 1. The summed E-state index contributed by atoms with van der Waals surface area (Å²) in [6.45, 7) is 0.0230. The van der Waals surface area contributed by atoms with Crippen LogP contribution in [0.4, 0.5) is 22.0 Å². The van der Waals surface area contributed by atoms with Crippen LogP contribution in [0.3, 0.4) is 0 Å². The second-order valence-corrected chi connectivity index (χ2v) is 3.45. The zero-order valence-corrected chi connectivity index (χ0v) is 9.05. The van der Waals surface area contributed by atoms with Gasteiger partial charge in [0.1, 0.15) is 0 Å². The van der Waals surface area contributed by atoms with Crippen LogP contribution in [0.1, 0.15) is 6.42 Å². The first-order valence-electron chi connectivity index (χ1n) is 4.95. The third kappa shape index (κ3) is 3.41. The molecule has 0 atom stereocenters. The lowest BCUT2D eigenvalue weighted by atomic mass is 10.3. The van der Waals surface area contributed by atoms with Crippen LogP contribution in [0.15, 0.2) is 18.5 Å². The van der Waals surface area contributed by atoms with Crippen LogP contribution in [0, 0.1) is 0 Å². The number of hydrogen-bond acceptors (Lipinski definition) is 2. The minimum atomic E-state index is -5.88. The first-order chi connectivity index (χ1) is 8.25. The molecule has 102 valence electrons. The molecule has 0 spiro atoms. The Morgan fingerprint density at radius 1 is 1.28 bits per heavy atom. The largest absolute Gasteiger partial charge is 0.463 e. The van der Waals surface area contributed by atoms with Crippen molar-refractivity contribution in [3.63, 3.8) is 0 Å². The lowest BCUT2D eigenvalue weighted by Gasteiger charge is -2.18. The summed E-state index contributed by atoms with van der Waals surface area (Å²) < 4.78 is 61.8. The van der Waals surface area contributed by atoms with Crippen LogP contribution >= 0.6 is 0 Å². The van der Waals surface area contributed by atoms with Crippen LogP contribution < -0.4 is 5.32 Å². The summed E-state index contributed by atoms with van der Waals surface area (Å²) in [6.07, 6.45) is -2.58. The molecule has 0 fully saturated rings. The van der Waals surface area contributed by atoms with Crippen molar-refractivity contribution in [1.29, 1.82) is 0 Å². The number of carbonyl (C=O) groups excluding carboxylic acids is 1. The van der Waals surface area contributed by atoms with Gasteiger partial charge >= 0.3 is 12.1 Å². The van der Waals surface area contributed by atoms with E-state index < -0.39 is 18.0 Å². The summed E-state index contributed by atoms with van der Waals surface area (Å²) in [5, 5.41) is 5.34. The quantitative estimate of drug-likeness (QED) is 0.653. The molecule has 1 aromatic heterocycles. The maximum absolute atomic E-state index is 12.5. The predicted molar refractivity (Wildman–Crippen MR) is 50.9 cm³/mol. The van der Waals surface area contributed by atoms with E-state index in [0.717, 1.165) is 0 Å². The van der Waals surface area contributed by atoms with Crippen LogP contribution in [0.5, 0.6) is 0 Å². The molecular weight excluding hydrogens is 261 g/mol. The van der Waals surface area contributed by atoms with E-state index in [1.54, 1.807) is 17.6 Å². The van der Waals surface area contributed by atoms with Gasteiger partial charge in [0.05, 0.1) is 0 Å². The molecule has 0 bridgehead atoms. The van der Waals surface area contributed by atoms with Crippen LogP contribution in [-0.2, 0) is 11.3 Å². The topological polar surface area (TPSA) is 46.9 Å². The van der Waals surface area contributed by atoms with Crippen molar-refractivity contribution in [1.82, 2.24) is 15.1 Å². The molecule has 0 unspecified atom stereocenters. The van der Waals surface area contributed by atoms with Gasteiger partial charge in [-0.1, -0.05) is 0 Å². The minimum Gasteiger partial charge on any atom is -0.350 e. The lowest BCUT2D eigenvalue weighted by molar-refractivity contribution is -0.269. The van der Waals surface area contributed by atoms with E-state index in [4.69, 9.17) is 0 Å². The van der Waals surface area contributed by atoms with Crippen molar-refractivity contribution in [3.05, 3.63) is 18.5 Å². The summed E-state index contributed by atoms with van der Waals surface area (Å²) >= 11 is 0. The van der Waals surface area contributed by atoms with Gasteiger partial charge in [0, 0.05) is 25.5 Å². The number of nitrogens with zero attached hydrogens (tertiary/aromatic N) is 2. The first-order valence-corrected chi connectivity index (χ1v) is 4.95. The minimum absolute atomic E-state index is 0.196. The predicted octanol–water partition coefficient (Wildman–Crippen LogP) is 1.59. The summed E-state index contributed by atoms with van der Waals surface area (Å²) in [4.78, 5) is 10.7. The number of hydrogen-bond donors (Lipinski definition) is 1. The normalized spacial score (nSPS) is 12.5. The van der Waals surface area contributed by atoms with Crippen LogP contribution in [0.25, 0.3) is 0 Å². The Bertz CT molecular complexity index is 387. The maximum atomic E-state index is 12.5. The standard InChI is InChI=1S/C9H10F5N3O/c10-8(11,9(12,13)14)7(18)15-3-1-5-17-6-2-4-16-17/h2,4,6H,1,3,5H2,(H,15,18). The van der Waals surface area contributed by atoms with E-state index in [9.17, 15) is 26.7 Å². The Kier molecular flexibility index (Phi) is 4.25. The Labute approximate surface area is 98.8 Å². The highest BCUT2D eigenvalue weighted by Gasteiger charge is 2.63. The number of halogens is 5. The van der Waals surface area contributed by atoms with Crippen molar-refractivity contribution >= 4 is 5.91 Å². The van der Waals surface area contributed by atoms with Gasteiger partial charge in [-0.3, -0.25) is 9.48 Å². The molecule has 0 aliphatic carbocycles. The molecule has 1 rings (SSSR count). The van der Waals surface area contributed by atoms with Crippen LogP contribution in [0.2, 0.25) is 0 Å². The molecule has 1 aromatic rings. The smallest absolute Gasteiger partial charge is 0.350 e. The summed E-state index contributed by atoms with van der Waals surface area (Å²) in [5.41, 5.74) is 0. The Morgan fingerprint density at radius 2 is 1.94 bits per heavy atom. The first kappa shape index (κ1) is 14.4. The van der Waals surface area contributed by atoms with E-state index >= 15 is 0 Å². The molecule has 18 heavy (non-hydrogen) atoms. The van der Waals surface area contributed by atoms with Crippen molar-refractivity contribution < 1.29 is 26.7 Å². The van der Waals surface area contributed by atoms with Crippen molar-refractivity contribution in [3.8, 4) is 0 Å². The molecule has 0 radical (unpaired) electrons. The number of alkyl halides is 5. The Balaban J connectivity index is 2.33. The highest BCUT2D eigenvalue weighted by atomic mass is 19.4. The fourth-order valence-corrected chi connectivity index (χ4v) is 1.12.